The second kappa shape index (κ2) is 5.24. The second-order valence-corrected chi connectivity index (χ2v) is 4.17. The van der Waals surface area contributed by atoms with Gasteiger partial charge in [-0.15, -0.1) is 0 Å². The molecule has 0 fully saturated rings. The first kappa shape index (κ1) is 12.1. The predicted octanol–water partition coefficient (Wildman–Crippen LogP) is 2.12. The third kappa shape index (κ3) is 3.98. The van der Waals surface area contributed by atoms with Crippen LogP contribution in [-0.4, -0.2) is 30.6 Å². The Morgan fingerprint density at radius 2 is 2.00 bits per heavy atom. The zero-order chi connectivity index (χ0) is 11.4. The van der Waals surface area contributed by atoms with E-state index in [0.29, 0.717) is 12.0 Å². The summed E-state index contributed by atoms with van der Waals surface area (Å²) in [6.45, 7) is 2.61. The fourth-order valence-electron chi connectivity index (χ4n) is 1.50. The Kier molecular flexibility index (Phi) is 4.24. The number of halogens is 1. The summed E-state index contributed by atoms with van der Waals surface area (Å²) in [6.07, 6.45) is 0.0393. The van der Waals surface area contributed by atoms with E-state index >= 15 is 0 Å². The molecule has 1 aromatic rings. The van der Waals surface area contributed by atoms with Gasteiger partial charge in [0.25, 0.3) is 0 Å². The third-order valence-corrected chi connectivity index (χ3v) is 2.30. The molecular formula is C12H18FNO. The topological polar surface area (TPSA) is 23.5 Å². The summed E-state index contributed by atoms with van der Waals surface area (Å²) in [7, 11) is 3.90. The van der Waals surface area contributed by atoms with Crippen LogP contribution in [0.15, 0.2) is 18.2 Å². The van der Waals surface area contributed by atoms with Crippen molar-refractivity contribution in [1.82, 2.24) is 4.90 Å². The molecule has 0 bridgehead atoms. The van der Waals surface area contributed by atoms with Gasteiger partial charge >= 0.3 is 0 Å². The van der Waals surface area contributed by atoms with E-state index in [1.807, 2.05) is 32.0 Å². The van der Waals surface area contributed by atoms with E-state index < -0.39 is 6.10 Å². The minimum atomic E-state index is -0.582. The van der Waals surface area contributed by atoms with Crippen LogP contribution in [-0.2, 0) is 0 Å². The minimum absolute atomic E-state index is 0.283. The Balaban J connectivity index is 2.68. The van der Waals surface area contributed by atoms with E-state index in [2.05, 4.69) is 0 Å². The van der Waals surface area contributed by atoms with Crippen LogP contribution in [0.4, 0.5) is 4.39 Å². The summed E-state index contributed by atoms with van der Waals surface area (Å²) in [5.74, 6) is -0.283. The average molecular weight is 211 g/mol. The Labute approximate surface area is 90.3 Å². The summed E-state index contributed by atoms with van der Waals surface area (Å²) in [4.78, 5) is 2.00. The SMILES string of the molecule is Cc1cc(F)cc(C(O)CCN(C)C)c1. The highest BCUT2D eigenvalue weighted by atomic mass is 19.1. The number of nitrogens with zero attached hydrogens (tertiary/aromatic N) is 1. The molecule has 0 amide bonds. The van der Waals surface area contributed by atoms with Crippen molar-refractivity contribution in [1.29, 1.82) is 0 Å². The van der Waals surface area contributed by atoms with Gasteiger partial charge in [-0.2, -0.15) is 0 Å². The van der Waals surface area contributed by atoms with E-state index in [1.165, 1.54) is 12.1 Å². The van der Waals surface area contributed by atoms with Crippen LogP contribution >= 0.6 is 0 Å². The number of benzene rings is 1. The molecule has 3 heteroatoms. The van der Waals surface area contributed by atoms with Crippen molar-refractivity contribution >= 4 is 0 Å². The van der Waals surface area contributed by atoms with E-state index in [0.717, 1.165) is 12.1 Å². The zero-order valence-corrected chi connectivity index (χ0v) is 9.50. The number of aryl methyl sites for hydroxylation is 1. The molecule has 1 aromatic carbocycles. The molecule has 1 rings (SSSR count). The number of aliphatic hydroxyl groups is 1. The highest BCUT2D eigenvalue weighted by molar-refractivity contribution is 5.25. The summed E-state index contributed by atoms with van der Waals surface area (Å²) < 4.78 is 13.1. The molecule has 0 radical (unpaired) electrons. The maximum Gasteiger partial charge on any atom is 0.123 e. The molecule has 15 heavy (non-hydrogen) atoms. The van der Waals surface area contributed by atoms with Gasteiger partial charge in [-0.25, -0.2) is 4.39 Å². The van der Waals surface area contributed by atoms with Crippen molar-refractivity contribution in [2.75, 3.05) is 20.6 Å². The lowest BCUT2D eigenvalue weighted by Crippen LogP contribution is -2.16. The number of hydrogen-bond donors (Lipinski definition) is 1. The maximum atomic E-state index is 13.1. The Morgan fingerprint density at radius 1 is 1.33 bits per heavy atom. The van der Waals surface area contributed by atoms with Crippen LogP contribution in [0.1, 0.15) is 23.7 Å². The first-order chi connectivity index (χ1) is 6.99. The van der Waals surface area contributed by atoms with Crippen LogP contribution in [0.2, 0.25) is 0 Å². The van der Waals surface area contributed by atoms with Gasteiger partial charge in [0, 0.05) is 6.54 Å². The van der Waals surface area contributed by atoms with Crippen molar-refractivity contribution in [3.8, 4) is 0 Å². The largest absolute Gasteiger partial charge is 0.388 e. The lowest BCUT2D eigenvalue weighted by Gasteiger charge is -2.15. The van der Waals surface area contributed by atoms with E-state index in [4.69, 9.17) is 0 Å². The minimum Gasteiger partial charge on any atom is -0.388 e. The van der Waals surface area contributed by atoms with Gasteiger partial charge in [0.2, 0.25) is 0 Å². The molecule has 0 saturated heterocycles. The fourth-order valence-corrected chi connectivity index (χ4v) is 1.50. The van der Waals surface area contributed by atoms with Crippen LogP contribution in [0.3, 0.4) is 0 Å². The van der Waals surface area contributed by atoms with Gasteiger partial charge in [-0.3, -0.25) is 0 Å². The first-order valence-electron chi connectivity index (χ1n) is 5.09. The van der Waals surface area contributed by atoms with E-state index in [1.54, 1.807) is 0 Å². The Morgan fingerprint density at radius 3 is 2.53 bits per heavy atom. The molecule has 84 valence electrons. The Bertz CT molecular complexity index is 305. The molecule has 1 atom stereocenters. The molecule has 0 saturated carbocycles. The monoisotopic (exact) mass is 211 g/mol. The van der Waals surface area contributed by atoms with Crippen molar-refractivity contribution in [3.63, 3.8) is 0 Å². The molecule has 0 aliphatic rings. The predicted molar refractivity (Wildman–Crippen MR) is 59.3 cm³/mol. The molecule has 1 unspecified atom stereocenters. The average Bonchev–Trinajstić information content (AvgIpc) is 2.12. The third-order valence-electron chi connectivity index (χ3n) is 2.30. The summed E-state index contributed by atoms with van der Waals surface area (Å²) >= 11 is 0. The molecule has 0 aliphatic carbocycles. The van der Waals surface area contributed by atoms with Crippen molar-refractivity contribution in [2.45, 2.75) is 19.4 Å². The second-order valence-electron chi connectivity index (χ2n) is 4.17. The first-order valence-corrected chi connectivity index (χ1v) is 5.09. The standard InChI is InChI=1S/C12H18FNO/c1-9-6-10(8-11(13)7-9)12(15)4-5-14(2)3/h6-8,12,15H,4-5H2,1-3H3. The van der Waals surface area contributed by atoms with Gasteiger partial charge in [-0.1, -0.05) is 6.07 Å². The molecule has 0 aromatic heterocycles. The highest BCUT2D eigenvalue weighted by Crippen LogP contribution is 2.19. The number of aliphatic hydroxyl groups excluding tert-OH is 1. The molecule has 2 nitrogen and oxygen atoms in total. The lowest BCUT2D eigenvalue weighted by atomic mass is 10.0. The van der Waals surface area contributed by atoms with Gasteiger partial charge < -0.3 is 10.0 Å². The smallest absolute Gasteiger partial charge is 0.123 e. The number of rotatable bonds is 4. The molecule has 1 N–H and O–H groups in total. The van der Waals surface area contributed by atoms with E-state index in [9.17, 15) is 9.50 Å². The van der Waals surface area contributed by atoms with Gasteiger partial charge in [0.05, 0.1) is 6.10 Å². The Hall–Kier alpha value is -0.930. The van der Waals surface area contributed by atoms with Crippen molar-refractivity contribution < 1.29 is 9.50 Å². The molecule has 0 heterocycles. The molecule has 0 aliphatic heterocycles. The van der Waals surface area contributed by atoms with Crippen LogP contribution in [0.25, 0.3) is 0 Å². The molecular weight excluding hydrogens is 193 g/mol. The zero-order valence-electron chi connectivity index (χ0n) is 9.50. The summed E-state index contributed by atoms with van der Waals surface area (Å²) in [6, 6.07) is 4.68. The van der Waals surface area contributed by atoms with E-state index in [-0.39, 0.29) is 5.82 Å². The van der Waals surface area contributed by atoms with Crippen molar-refractivity contribution in [3.05, 3.63) is 35.1 Å². The summed E-state index contributed by atoms with van der Waals surface area (Å²) in [5, 5.41) is 9.82. The van der Waals surface area contributed by atoms with Gasteiger partial charge in [0.15, 0.2) is 0 Å². The summed E-state index contributed by atoms with van der Waals surface area (Å²) in [5.41, 5.74) is 1.50. The quantitative estimate of drug-likeness (QED) is 0.824. The van der Waals surface area contributed by atoms with Crippen LogP contribution in [0.5, 0.6) is 0 Å². The van der Waals surface area contributed by atoms with Gasteiger partial charge in [0.1, 0.15) is 5.82 Å². The fraction of sp³-hybridized carbons (Fsp3) is 0.500. The number of hydrogen-bond acceptors (Lipinski definition) is 2. The van der Waals surface area contributed by atoms with Crippen LogP contribution in [0, 0.1) is 12.7 Å². The normalized spacial score (nSPS) is 13.2. The molecule has 0 spiro atoms. The maximum absolute atomic E-state index is 13.1. The highest BCUT2D eigenvalue weighted by Gasteiger charge is 2.09. The van der Waals surface area contributed by atoms with Gasteiger partial charge in [-0.05, 0) is 50.7 Å². The van der Waals surface area contributed by atoms with Crippen LogP contribution < -0.4 is 0 Å². The van der Waals surface area contributed by atoms with Crippen molar-refractivity contribution in [2.24, 2.45) is 0 Å². The lowest BCUT2D eigenvalue weighted by molar-refractivity contribution is 0.154.